The minimum absolute atomic E-state index is 0.158. The van der Waals surface area contributed by atoms with Gasteiger partial charge in [-0.05, 0) is 54.4 Å². The lowest BCUT2D eigenvalue weighted by molar-refractivity contribution is -0.148. The van der Waals surface area contributed by atoms with Gasteiger partial charge in [0, 0.05) is 11.6 Å². The van der Waals surface area contributed by atoms with E-state index in [4.69, 9.17) is 4.74 Å². The number of hydrogen-bond acceptors (Lipinski definition) is 5. The van der Waals surface area contributed by atoms with Crippen molar-refractivity contribution in [2.75, 3.05) is 5.32 Å². The van der Waals surface area contributed by atoms with Crippen LogP contribution in [0.3, 0.4) is 0 Å². The number of carbonyl (C=O) groups excluding carboxylic acids is 3. The fourth-order valence-corrected chi connectivity index (χ4v) is 2.56. The normalized spacial score (nSPS) is 11.9. The second-order valence-electron chi connectivity index (χ2n) is 5.06. The van der Waals surface area contributed by atoms with Crippen LogP contribution in [0.2, 0.25) is 0 Å². The van der Waals surface area contributed by atoms with E-state index in [0.29, 0.717) is 11.3 Å². The van der Waals surface area contributed by atoms with Gasteiger partial charge in [-0.15, -0.1) is 0 Å². The molecular weight excluding hydrogens is 326 g/mol. The number of carbonyl (C=O) groups is 3. The predicted molar refractivity (Wildman–Crippen MR) is 94.0 cm³/mol. The lowest BCUT2D eigenvalue weighted by Crippen LogP contribution is -2.30. The van der Waals surface area contributed by atoms with E-state index in [1.165, 1.54) is 31.3 Å². The Kier molecular flexibility index (Phi) is 6.03. The predicted octanol–water partition coefficient (Wildman–Crippen LogP) is 3.53. The molecule has 0 aliphatic carbocycles. The Morgan fingerprint density at radius 2 is 1.96 bits per heavy atom. The molecule has 0 radical (unpaired) electrons. The number of rotatable bonds is 6. The Balaban J connectivity index is 1.95. The Morgan fingerprint density at radius 1 is 1.21 bits per heavy atom. The maximum atomic E-state index is 12.1. The molecule has 0 spiro atoms. The molecular formula is C18H17NO4S. The summed E-state index contributed by atoms with van der Waals surface area (Å²) >= 11 is 1.52. The summed E-state index contributed by atoms with van der Waals surface area (Å²) in [5, 5.41) is 6.39. The first-order valence-electron chi connectivity index (χ1n) is 7.29. The van der Waals surface area contributed by atoms with E-state index in [-0.39, 0.29) is 5.78 Å². The highest BCUT2D eigenvalue weighted by atomic mass is 32.1. The largest absolute Gasteiger partial charge is 0.449 e. The molecule has 0 bridgehead atoms. The molecule has 1 aromatic carbocycles. The highest BCUT2D eigenvalue weighted by Crippen LogP contribution is 2.16. The van der Waals surface area contributed by atoms with Crippen molar-refractivity contribution in [3.63, 3.8) is 0 Å². The average molecular weight is 343 g/mol. The number of ether oxygens (including phenoxy) is 1. The van der Waals surface area contributed by atoms with Crippen LogP contribution in [0.1, 0.15) is 29.8 Å². The third-order valence-electron chi connectivity index (χ3n) is 3.18. The summed E-state index contributed by atoms with van der Waals surface area (Å²) in [6, 6.07) is 8.54. The van der Waals surface area contributed by atoms with Crippen molar-refractivity contribution in [1.29, 1.82) is 0 Å². The van der Waals surface area contributed by atoms with Crippen LogP contribution in [0.5, 0.6) is 0 Å². The quantitative estimate of drug-likeness (QED) is 0.495. The Bertz CT molecular complexity index is 765. The maximum Gasteiger partial charge on any atom is 0.331 e. The molecule has 0 saturated carbocycles. The molecule has 24 heavy (non-hydrogen) atoms. The van der Waals surface area contributed by atoms with Gasteiger partial charge in [0.05, 0.1) is 5.69 Å². The van der Waals surface area contributed by atoms with Gasteiger partial charge in [-0.3, -0.25) is 9.59 Å². The van der Waals surface area contributed by atoms with Crippen molar-refractivity contribution in [2.45, 2.75) is 20.0 Å². The molecule has 0 aliphatic heterocycles. The van der Waals surface area contributed by atoms with E-state index in [9.17, 15) is 14.4 Å². The molecule has 2 rings (SSSR count). The molecule has 0 saturated heterocycles. The number of para-hydroxylation sites is 1. The molecule has 1 aromatic heterocycles. The van der Waals surface area contributed by atoms with Crippen LogP contribution in [0.4, 0.5) is 5.69 Å². The van der Waals surface area contributed by atoms with Gasteiger partial charge in [-0.1, -0.05) is 12.1 Å². The number of amides is 1. The zero-order valence-corrected chi connectivity index (χ0v) is 14.1. The third-order valence-corrected chi connectivity index (χ3v) is 3.88. The monoisotopic (exact) mass is 343 g/mol. The van der Waals surface area contributed by atoms with Crippen molar-refractivity contribution < 1.29 is 19.1 Å². The number of Topliss-reactive ketones (excluding diaryl/α,β-unsaturated/α-hetero) is 1. The van der Waals surface area contributed by atoms with Gasteiger partial charge in [0.25, 0.3) is 5.91 Å². The van der Waals surface area contributed by atoms with Crippen molar-refractivity contribution in [3.05, 3.63) is 58.3 Å². The second kappa shape index (κ2) is 8.21. The van der Waals surface area contributed by atoms with Gasteiger partial charge < -0.3 is 10.1 Å². The van der Waals surface area contributed by atoms with Gasteiger partial charge in [0.2, 0.25) is 0 Å². The van der Waals surface area contributed by atoms with Crippen LogP contribution in [-0.4, -0.2) is 23.8 Å². The van der Waals surface area contributed by atoms with E-state index in [1.807, 2.05) is 16.8 Å². The molecule has 0 aliphatic rings. The molecule has 5 nitrogen and oxygen atoms in total. The van der Waals surface area contributed by atoms with Gasteiger partial charge in [0.1, 0.15) is 0 Å². The number of hydrogen-bond donors (Lipinski definition) is 1. The highest BCUT2D eigenvalue weighted by Gasteiger charge is 2.18. The third kappa shape index (κ3) is 4.89. The SMILES string of the molecule is CC(=O)c1ccccc1NC(=O)[C@H](C)OC(=O)/C=C/c1ccsc1. The smallest absolute Gasteiger partial charge is 0.331 e. The second-order valence-corrected chi connectivity index (χ2v) is 5.84. The lowest BCUT2D eigenvalue weighted by atomic mass is 10.1. The number of esters is 1. The number of benzene rings is 1. The van der Waals surface area contributed by atoms with Crippen LogP contribution in [0, 0.1) is 0 Å². The number of thiophene rings is 1. The Labute approximate surface area is 144 Å². The molecule has 1 heterocycles. The fraction of sp³-hybridized carbons (Fsp3) is 0.167. The van der Waals surface area contributed by atoms with Crippen LogP contribution in [-0.2, 0) is 14.3 Å². The van der Waals surface area contributed by atoms with E-state index in [0.717, 1.165) is 5.56 Å². The minimum atomic E-state index is -0.982. The number of nitrogens with one attached hydrogen (secondary N) is 1. The van der Waals surface area contributed by atoms with Crippen LogP contribution >= 0.6 is 11.3 Å². The molecule has 0 fully saturated rings. The van der Waals surface area contributed by atoms with E-state index < -0.39 is 18.0 Å². The standard InChI is InChI=1S/C18H17NO4S/c1-12(20)15-5-3-4-6-16(15)19-18(22)13(2)23-17(21)8-7-14-9-10-24-11-14/h3-11,13H,1-2H3,(H,19,22)/b8-7+/t13-/m0/s1. The van der Waals surface area contributed by atoms with Gasteiger partial charge in [0.15, 0.2) is 11.9 Å². The maximum absolute atomic E-state index is 12.1. The number of anilines is 1. The van der Waals surface area contributed by atoms with Gasteiger partial charge in [-0.2, -0.15) is 11.3 Å². The highest BCUT2D eigenvalue weighted by molar-refractivity contribution is 7.08. The molecule has 1 N–H and O–H groups in total. The zero-order chi connectivity index (χ0) is 17.5. The topological polar surface area (TPSA) is 72.5 Å². The van der Waals surface area contributed by atoms with Crippen molar-refractivity contribution in [2.24, 2.45) is 0 Å². The molecule has 1 amide bonds. The zero-order valence-electron chi connectivity index (χ0n) is 13.3. The molecule has 124 valence electrons. The van der Waals surface area contributed by atoms with Crippen LogP contribution in [0.15, 0.2) is 47.2 Å². The summed E-state index contributed by atoms with van der Waals surface area (Å²) in [4.78, 5) is 35.4. The summed E-state index contributed by atoms with van der Waals surface area (Å²) < 4.78 is 5.06. The summed E-state index contributed by atoms with van der Waals surface area (Å²) in [5.41, 5.74) is 1.69. The molecule has 2 aromatic rings. The summed E-state index contributed by atoms with van der Waals surface area (Å²) in [5.74, 6) is -1.26. The van der Waals surface area contributed by atoms with E-state index in [1.54, 1.807) is 30.3 Å². The minimum Gasteiger partial charge on any atom is -0.449 e. The van der Waals surface area contributed by atoms with Crippen LogP contribution in [0.25, 0.3) is 6.08 Å². The first kappa shape index (κ1) is 17.6. The van der Waals surface area contributed by atoms with Crippen LogP contribution < -0.4 is 5.32 Å². The summed E-state index contributed by atoms with van der Waals surface area (Å²) in [6.45, 7) is 2.89. The van der Waals surface area contributed by atoms with Gasteiger partial charge >= 0.3 is 5.97 Å². The summed E-state index contributed by atoms with van der Waals surface area (Å²) in [7, 11) is 0. The average Bonchev–Trinajstić information content (AvgIpc) is 3.06. The first-order chi connectivity index (χ1) is 11.5. The molecule has 1 atom stereocenters. The molecule has 6 heteroatoms. The number of ketones is 1. The first-order valence-corrected chi connectivity index (χ1v) is 8.23. The summed E-state index contributed by atoms with van der Waals surface area (Å²) in [6.07, 6.45) is 1.91. The molecule has 0 unspecified atom stereocenters. The van der Waals surface area contributed by atoms with E-state index >= 15 is 0 Å². The van der Waals surface area contributed by atoms with Crippen molar-refractivity contribution in [3.8, 4) is 0 Å². The van der Waals surface area contributed by atoms with E-state index in [2.05, 4.69) is 5.32 Å². The van der Waals surface area contributed by atoms with Gasteiger partial charge in [-0.25, -0.2) is 4.79 Å². The lowest BCUT2D eigenvalue weighted by Gasteiger charge is -2.14. The Morgan fingerprint density at radius 3 is 2.62 bits per heavy atom. The van der Waals surface area contributed by atoms with Crippen molar-refractivity contribution in [1.82, 2.24) is 0 Å². The van der Waals surface area contributed by atoms with Crippen molar-refractivity contribution >= 4 is 40.8 Å². The Hall–Kier alpha value is -2.73. The fourth-order valence-electron chi connectivity index (χ4n) is 1.93.